The number of likely N-dealkylation sites (N-methyl/N-ethyl adjacent to an activating group) is 2. The van der Waals surface area contributed by atoms with Crippen LogP contribution in [0.3, 0.4) is 0 Å². The molecule has 0 heterocycles. The quantitative estimate of drug-likeness (QED) is 0.590. The summed E-state index contributed by atoms with van der Waals surface area (Å²) in [4.78, 5) is 0. The first kappa shape index (κ1) is 10.4. The molecule has 0 aliphatic heterocycles. The molecule has 0 bridgehead atoms. The van der Waals surface area contributed by atoms with Gasteiger partial charge in [0.1, 0.15) is 0 Å². The monoisotopic (exact) mass is 276 g/mol. The minimum atomic E-state index is 0.208. The minimum absolute atomic E-state index is 0.208. The number of rotatable bonds is 3. The fourth-order valence-electron chi connectivity index (χ4n) is 1.09. The molecule has 2 N–H and O–H groups in total. The van der Waals surface area contributed by atoms with E-state index in [-0.39, 0.29) is 4.01 Å². The fourth-order valence-corrected chi connectivity index (χ4v) is 3.28. The van der Waals surface area contributed by atoms with Crippen molar-refractivity contribution < 1.29 is 17.5 Å². The third-order valence-electron chi connectivity index (χ3n) is 1.97. The molecule has 0 saturated carbocycles. The molecular weight excluding hydrogens is 261 g/mol. The van der Waals surface area contributed by atoms with Gasteiger partial charge in [0.15, 0.2) is 0 Å². The first-order valence-electron chi connectivity index (χ1n) is 3.80. The second-order valence-electron chi connectivity index (χ2n) is 2.60. The van der Waals surface area contributed by atoms with Crippen LogP contribution >= 0.6 is 7.43 Å². The molecule has 72 valence electrons. The van der Waals surface area contributed by atoms with Crippen LogP contribution in [0.15, 0.2) is 23.9 Å². The molecule has 0 aromatic carbocycles. The molecule has 0 radical (unpaired) electrons. The number of hydrogen-bond acceptors (Lipinski definition) is 2. The maximum atomic E-state index is 3.35. The van der Waals surface area contributed by atoms with E-state index < -0.39 is 0 Å². The van der Waals surface area contributed by atoms with Crippen molar-refractivity contribution in [2.24, 2.45) is 0 Å². The summed E-state index contributed by atoms with van der Waals surface area (Å²) in [5, 5.41) is 6.49. The van der Waals surface area contributed by atoms with Crippen molar-refractivity contribution >= 4 is 7.43 Å². The number of allylic oxidation sites excluding steroid dienone is 1. The van der Waals surface area contributed by atoms with Gasteiger partial charge in [-0.3, -0.25) is 0 Å². The van der Waals surface area contributed by atoms with E-state index in [0.717, 1.165) is 6.42 Å². The van der Waals surface area contributed by atoms with Crippen LogP contribution in [-0.4, -0.2) is 18.1 Å². The summed E-state index contributed by atoms with van der Waals surface area (Å²) in [6.07, 6.45) is 7.70. The van der Waals surface area contributed by atoms with Crippen LogP contribution in [-0.2, 0) is 17.5 Å². The van der Waals surface area contributed by atoms with Crippen LogP contribution in [0.5, 0.6) is 0 Å². The predicted octanol–water partition coefficient (Wildman–Crippen LogP) is 0.838. The van der Waals surface area contributed by atoms with E-state index in [4.69, 9.17) is 0 Å². The van der Waals surface area contributed by atoms with Gasteiger partial charge in [0.05, 0.1) is 0 Å². The predicted molar refractivity (Wildman–Crippen MR) is 52.4 cm³/mol. The van der Waals surface area contributed by atoms with Crippen molar-refractivity contribution in [1.82, 2.24) is 10.6 Å². The normalized spacial score (nSPS) is 28.8. The third kappa shape index (κ3) is 2.18. The Hall–Kier alpha value is 0.332. The average Bonchev–Trinajstić information content (AvgIpc) is 2.18. The third-order valence-corrected chi connectivity index (χ3v) is 5.67. The first-order valence-corrected chi connectivity index (χ1v) is 7.64. The van der Waals surface area contributed by atoms with Gasteiger partial charge in [-0.05, 0) is 0 Å². The van der Waals surface area contributed by atoms with Gasteiger partial charge in [-0.1, -0.05) is 0 Å². The summed E-state index contributed by atoms with van der Waals surface area (Å²) in [6.45, 7) is 0. The molecule has 0 fully saturated rings. The molecule has 4 heteroatoms. The molecule has 0 saturated heterocycles. The Labute approximate surface area is 84.1 Å². The summed E-state index contributed by atoms with van der Waals surface area (Å²) in [5.41, 5.74) is 1.22. The van der Waals surface area contributed by atoms with Gasteiger partial charge in [0.2, 0.25) is 0 Å². The zero-order valence-corrected chi connectivity index (χ0v) is 10.0. The van der Waals surface area contributed by atoms with Crippen molar-refractivity contribution in [2.45, 2.75) is 10.4 Å². The van der Waals surface area contributed by atoms with Gasteiger partial charge >= 0.3 is 84.0 Å². The second-order valence-corrected chi connectivity index (χ2v) is 5.51. The Morgan fingerprint density at radius 1 is 1.58 bits per heavy atom. The molecule has 1 rings (SSSR count). The molecule has 0 amide bonds. The average molecular weight is 277 g/mol. The number of nitrogens with one attached hydrogen (secondary N) is 2. The molecule has 12 heavy (non-hydrogen) atoms. The van der Waals surface area contributed by atoms with Crippen molar-refractivity contribution in [2.75, 3.05) is 14.1 Å². The van der Waals surface area contributed by atoms with Crippen LogP contribution in [0.1, 0.15) is 6.42 Å². The van der Waals surface area contributed by atoms with E-state index in [2.05, 4.69) is 36.3 Å². The molecule has 2 nitrogen and oxygen atoms in total. The van der Waals surface area contributed by atoms with Gasteiger partial charge in [0, 0.05) is 0 Å². The van der Waals surface area contributed by atoms with Crippen molar-refractivity contribution in [1.29, 1.82) is 0 Å². The summed E-state index contributed by atoms with van der Waals surface area (Å²) in [5.74, 6) is 0. The van der Waals surface area contributed by atoms with E-state index in [1.54, 1.807) is 0 Å². The van der Waals surface area contributed by atoms with Crippen molar-refractivity contribution in [3.05, 3.63) is 23.9 Å². The topological polar surface area (TPSA) is 24.1 Å². The standard InChI is InChI=1S/C8H13N2.H2P.Pd/c1-9-7-3-5-8(10-2)6-4-7;;/h3-5,9-10H,6H2,1-2H3;1H2;/q;-1;+1. The molecule has 2 atom stereocenters. The van der Waals surface area contributed by atoms with Gasteiger partial charge in [-0.2, -0.15) is 0 Å². The second kappa shape index (κ2) is 4.54. The molecule has 1 aliphatic rings. The Balaban J connectivity index is 2.67. The molecular formula is C8H15N2PPd. The van der Waals surface area contributed by atoms with Gasteiger partial charge in [0.25, 0.3) is 0 Å². The van der Waals surface area contributed by atoms with Gasteiger partial charge in [-0.25, -0.2) is 0 Å². The van der Waals surface area contributed by atoms with Crippen LogP contribution in [0.2, 0.25) is 0 Å². The molecule has 1 aliphatic carbocycles. The Morgan fingerprint density at radius 3 is 2.67 bits per heavy atom. The summed E-state index contributed by atoms with van der Waals surface area (Å²) < 4.78 is 0.208. The summed E-state index contributed by atoms with van der Waals surface area (Å²) in [6, 6.07) is 0. The van der Waals surface area contributed by atoms with Crippen LogP contribution < -0.4 is 10.6 Å². The first-order chi connectivity index (χ1) is 5.76. The summed E-state index contributed by atoms with van der Waals surface area (Å²) >= 11 is 0.627. The van der Waals surface area contributed by atoms with Crippen molar-refractivity contribution in [3.63, 3.8) is 0 Å². The maximum absolute atomic E-state index is 3.35. The molecule has 0 aromatic heterocycles. The Morgan fingerprint density at radius 2 is 2.33 bits per heavy atom. The van der Waals surface area contributed by atoms with Crippen LogP contribution in [0.25, 0.3) is 0 Å². The van der Waals surface area contributed by atoms with E-state index in [9.17, 15) is 0 Å². The Bertz CT molecular complexity index is 209. The SMILES string of the molecule is CNC1=CC[C](NC)([Pd][PH2])C=C1. The van der Waals surface area contributed by atoms with Crippen LogP contribution in [0.4, 0.5) is 0 Å². The number of hydrogen-bond donors (Lipinski definition) is 2. The zero-order valence-electron chi connectivity index (χ0n) is 7.33. The molecule has 0 aromatic rings. The summed E-state index contributed by atoms with van der Waals surface area (Å²) in [7, 11) is 6.81. The van der Waals surface area contributed by atoms with Gasteiger partial charge in [-0.15, -0.1) is 0 Å². The molecule has 0 spiro atoms. The van der Waals surface area contributed by atoms with E-state index >= 15 is 0 Å². The molecule has 2 unspecified atom stereocenters. The van der Waals surface area contributed by atoms with Gasteiger partial charge < -0.3 is 0 Å². The zero-order chi connectivity index (χ0) is 9.03. The van der Waals surface area contributed by atoms with E-state index in [1.807, 2.05) is 14.1 Å². The van der Waals surface area contributed by atoms with E-state index in [1.165, 1.54) is 5.70 Å². The van der Waals surface area contributed by atoms with Crippen molar-refractivity contribution in [3.8, 4) is 0 Å². The fraction of sp³-hybridized carbons (Fsp3) is 0.500. The Kier molecular flexibility index (Phi) is 3.94. The van der Waals surface area contributed by atoms with Crippen LogP contribution in [0, 0.1) is 0 Å². The van der Waals surface area contributed by atoms with E-state index in [0.29, 0.717) is 17.5 Å².